The van der Waals surface area contributed by atoms with Crippen LogP contribution in [0, 0.1) is 15.3 Å². The number of rotatable bonds is 3. The van der Waals surface area contributed by atoms with Crippen molar-refractivity contribution in [1.29, 1.82) is 0 Å². The molecule has 0 saturated carbocycles. The van der Waals surface area contributed by atoms with Crippen LogP contribution in [0.25, 0.3) is 10.9 Å². The topological polar surface area (TPSA) is 70.1 Å². The van der Waals surface area contributed by atoms with Crippen molar-refractivity contribution in [3.8, 4) is 0 Å². The van der Waals surface area contributed by atoms with E-state index in [1.54, 1.807) is 24.3 Å². The van der Waals surface area contributed by atoms with Crippen molar-refractivity contribution in [3.05, 3.63) is 51.3 Å². The number of fused-ring (bicyclic) bond motifs is 1. The summed E-state index contributed by atoms with van der Waals surface area (Å²) in [6.45, 7) is 1.93. The lowest BCUT2D eigenvalue weighted by Gasteiger charge is -2.07. The van der Waals surface area contributed by atoms with Crippen LogP contribution < -0.4 is 4.73 Å². The molecule has 0 aliphatic heterocycles. The molecule has 5 nitrogen and oxygen atoms in total. The summed E-state index contributed by atoms with van der Waals surface area (Å²) in [5, 5.41) is 23.3. The lowest BCUT2D eigenvalue weighted by molar-refractivity contribution is -0.586. The zero-order valence-electron chi connectivity index (χ0n) is 9.42. The average molecular weight is 232 g/mol. The number of para-hydroxylation sites is 1. The van der Waals surface area contributed by atoms with Crippen LogP contribution in [-0.4, -0.2) is 4.92 Å². The van der Waals surface area contributed by atoms with Gasteiger partial charge in [-0.25, -0.2) is 0 Å². The Hall–Kier alpha value is -2.17. The van der Waals surface area contributed by atoms with Gasteiger partial charge in [0.25, 0.3) is 5.69 Å². The van der Waals surface area contributed by atoms with Crippen molar-refractivity contribution in [2.75, 3.05) is 0 Å². The Morgan fingerprint density at radius 3 is 2.71 bits per heavy atom. The molecule has 88 valence electrons. The minimum Gasteiger partial charge on any atom is -0.618 e. The molecule has 5 heteroatoms. The summed E-state index contributed by atoms with van der Waals surface area (Å²) in [6.07, 6.45) is 1.31. The zero-order chi connectivity index (χ0) is 12.4. The van der Waals surface area contributed by atoms with Gasteiger partial charge in [-0.05, 0) is 12.5 Å². The molecule has 17 heavy (non-hydrogen) atoms. The third-order valence-electron chi connectivity index (χ3n) is 2.67. The number of nitro groups is 1. The van der Waals surface area contributed by atoms with E-state index in [0.717, 1.165) is 11.2 Å². The van der Waals surface area contributed by atoms with Gasteiger partial charge in [0.2, 0.25) is 5.52 Å². The second-order valence-electron chi connectivity index (χ2n) is 3.84. The predicted octanol–water partition coefficient (Wildman–Crippen LogP) is 2.33. The molecular weight excluding hydrogens is 220 g/mol. The van der Waals surface area contributed by atoms with Crippen LogP contribution in [0.4, 0.5) is 5.69 Å². The first-order valence-electron chi connectivity index (χ1n) is 5.43. The van der Waals surface area contributed by atoms with Gasteiger partial charge in [-0.1, -0.05) is 19.1 Å². The van der Waals surface area contributed by atoms with Crippen LogP contribution in [-0.2, 0) is 6.42 Å². The maximum Gasteiger partial charge on any atom is 0.289 e. The smallest absolute Gasteiger partial charge is 0.289 e. The molecular formula is C12H12N2O3. The summed E-state index contributed by atoms with van der Waals surface area (Å²) in [6, 6.07) is 7.97. The van der Waals surface area contributed by atoms with Crippen LogP contribution in [0.1, 0.15) is 19.0 Å². The van der Waals surface area contributed by atoms with E-state index in [1.807, 2.05) is 6.92 Å². The van der Waals surface area contributed by atoms with Crippen molar-refractivity contribution in [3.63, 3.8) is 0 Å². The number of hydrogen-bond acceptors (Lipinski definition) is 3. The number of aromatic nitrogens is 1. The highest BCUT2D eigenvalue weighted by molar-refractivity contribution is 5.85. The normalized spacial score (nSPS) is 10.6. The number of hydrogen-bond donors (Lipinski definition) is 0. The summed E-state index contributed by atoms with van der Waals surface area (Å²) >= 11 is 0. The molecule has 0 aliphatic rings. The molecule has 1 aromatic heterocycles. The average Bonchev–Trinajstić information content (AvgIpc) is 2.32. The van der Waals surface area contributed by atoms with Crippen LogP contribution in [0.2, 0.25) is 0 Å². The molecule has 0 fully saturated rings. The molecule has 0 unspecified atom stereocenters. The Labute approximate surface area is 98.0 Å². The zero-order valence-corrected chi connectivity index (χ0v) is 9.42. The Morgan fingerprint density at radius 2 is 2.06 bits per heavy atom. The Bertz CT molecular complexity index is 581. The van der Waals surface area contributed by atoms with E-state index in [4.69, 9.17) is 0 Å². The van der Waals surface area contributed by atoms with Crippen LogP contribution >= 0.6 is 0 Å². The Balaban J connectivity index is 2.79. The first-order valence-corrected chi connectivity index (χ1v) is 5.43. The first kappa shape index (κ1) is 11.3. The highest BCUT2D eigenvalue weighted by Gasteiger charge is 2.21. The molecule has 0 saturated heterocycles. The van der Waals surface area contributed by atoms with Gasteiger partial charge in [0.1, 0.15) is 5.39 Å². The molecule has 0 amide bonds. The number of pyridine rings is 1. The van der Waals surface area contributed by atoms with Gasteiger partial charge in [0.15, 0.2) is 5.69 Å². The van der Waals surface area contributed by atoms with Gasteiger partial charge in [-0.15, -0.1) is 0 Å². The third kappa shape index (κ3) is 1.91. The van der Waals surface area contributed by atoms with Gasteiger partial charge in [-0.2, -0.15) is 4.73 Å². The molecule has 0 N–H and O–H groups in total. The van der Waals surface area contributed by atoms with E-state index >= 15 is 0 Å². The van der Waals surface area contributed by atoms with Gasteiger partial charge in [0.05, 0.1) is 11.0 Å². The van der Waals surface area contributed by atoms with Gasteiger partial charge >= 0.3 is 0 Å². The van der Waals surface area contributed by atoms with Crippen molar-refractivity contribution in [2.24, 2.45) is 0 Å². The van der Waals surface area contributed by atoms with Gasteiger partial charge in [0, 0.05) is 12.5 Å². The summed E-state index contributed by atoms with van der Waals surface area (Å²) in [5.74, 6) is 0. The highest BCUT2D eigenvalue weighted by Crippen LogP contribution is 2.24. The van der Waals surface area contributed by atoms with Crippen LogP contribution in [0.15, 0.2) is 30.3 Å². The summed E-state index contributed by atoms with van der Waals surface area (Å²) < 4.78 is 0.784. The van der Waals surface area contributed by atoms with E-state index < -0.39 is 4.92 Å². The number of benzene rings is 1. The minimum absolute atomic E-state index is 0.00356. The minimum atomic E-state index is -0.443. The summed E-state index contributed by atoms with van der Waals surface area (Å²) in [4.78, 5) is 10.5. The largest absolute Gasteiger partial charge is 0.618 e. The maximum absolute atomic E-state index is 12.0. The van der Waals surface area contributed by atoms with Crippen molar-refractivity contribution in [1.82, 2.24) is 0 Å². The fourth-order valence-corrected chi connectivity index (χ4v) is 1.90. The van der Waals surface area contributed by atoms with Crippen molar-refractivity contribution < 1.29 is 9.65 Å². The lowest BCUT2D eigenvalue weighted by Crippen LogP contribution is -2.33. The highest BCUT2D eigenvalue weighted by atomic mass is 16.6. The van der Waals surface area contributed by atoms with Gasteiger partial charge in [-0.3, -0.25) is 10.1 Å². The predicted molar refractivity (Wildman–Crippen MR) is 63.6 cm³/mol. The maximum atomic E-state index is 12.0. The monoisotopic (exact) mass is 232 g/mol. The van der Waals surface area contributed by atoms with E-state index in [2.05, 4.69) is 0 Å². The van der Waals surface area contributed by atoms with Crippen molar-refractivity contribution in [2.45, 2.75) is 19.8 Å². The molecule has 0 bridgehead atoms. The first-order chi connectivity index (χ1) is 8.15. The van der Waals surface area contributed by atoms with E-state index in [1.165, 1.54) is 6.07 Å². The molecule has 1 heterocycles. The quantitative estimate of drug-likeness (QED) is 0.353. The third-order valence-corrected chi connectivity index (χ3v) is 2.67. The second-order valence-corrected chi connectivity index (χ2v) is 3.84. The fraction of sp³-hybridized carbons (Fsp3) is 0.250. The van der Waals surface area contributed by atoms with Crippen LogP contribution in [0.5, 0.6) is 0 Å². The summed E-state index contributed by atoms with van der Waals surface area (Å²) in [5.41, 5.74) is 0.791. The Kier molecular flexibility index (Phi) is 2.91. The molecule has 0 aliphatic carbocycles. The molecule has 0 spiro atoms. The number of aryl methyl sites for hydroxylation is 1. The molecule has 2 rings (SSSR count). The van der Waals surface area contributed by atoms with E-state index in [0.29, 0.717) is 23.0 Å². The summed E-state index contributed by atoms with van der Waals surface area (Å²) in [7, 11) is 0. The molecule has 0 radical (unpaired) electrons. The fourth-order valence-electron chi connectivity index (χ4n) is 1.90. The molecule has 0 atom stereocenters. The van der Waals surface area contributed by atoms with E-state index in [-0.39, 0.29) is 5.69 Å². The Morgan fingerprint density at radius 1 is 1.35 bits per heavy atom. The number of nitrogens with zero attached hydrogens (tertiary/aromatic N) is 2. The van der Waals surface area contributed by atoms with Crippen LogP contribution in [0.3, 0.4) is 0 Å². The van der Waals surface area contributed by atoms with E-state index in [9.17, 15) is 15.3 Å². The lowest BCUT2D eigenvalue weighted by atomic mass is 10.1. The standard InChI is InChI=1S/C12H12N2O3/c1-2-5-9-8-12(14(16)17)10-6-3-4-7-11(10)13(9)15/h3-4,6-8H,2,5H2,1H3. The van der Waals surface area contributed by atoms with Gasteiger partial charge < -0.3 is 5.21 Å². The second kappa shape index (κ2) is 4.37. The van der Waals surface area contributed by atoms with Crippen molar-refractivity contribution >= 4 is 16.6 Å². The molecule has 2 aromatic rings. The molecule has 1 aromatic carbocycles. The SMILES string of the molecule is CCCc1cc([N+](=O)[O-])c2ccccc2[n+]1[O-].